The van der Waals surface area contributed by atoms with E-state index in [1.807, 2.05) is 6.92 Å². The molecule has 0 amide bonds. The number of rotatable bonds is 6. The first kappa shape index (κ1) is 23.7. The fourth-order valence-electron chi connectivity index (χ4n) is 7.17. The fourth-order valence-corrected chi connectivity index (χ4v) is 7.17. The van der Waals surface area contributed by atoms with Crippen molar-refractivity contribution in [3.05, 3.63) is 23.3 Å². The van der Waals surface area contributed by atoms with Crippen LogP contribution < -0.4 is 0 Å². The standard InChI is InChI=1S/C26H38O6/c1-6-7-8-9-19(27)32-13-16-11-17-20-18(24(20,4)5)10-15(3)25(23(17)30)12-14(2)21(28)26(25,31)22(16)29/h11-12,15,17-18,20-22,28-29,31H,6-10,13H2,1-5H3/t15-,17?,18?,20+,21?,22?,25+,26-/m1/s1. The normalized spacial score (nSPS) is 43.9. The Morgan fingerprint density at radius 2 is 1.91 bits per heavy atom. The number of unbranched alkanes of at least 4 members (excludes halogenated alkanes) is 2. The van der Waals surface area contributed by atoms with Gasteiger partial charge in [-0.1, -0.05) is 52.7 Å². The van der Waals surface area contributed by atoms with Gasteiger partial charge in [-0.2, -0.15) is 0 Å². The molecule has 2 bridgehead atoms. The van der Waals surface area contributed by atoms with Crippen molar-refractivity contribution in [1.82, 2.24) is 0 Å². The topological polar surface area (TPSA) is 104 Å². The Morgan fingerprint density at radius 3 is 2.56 bits per heavy atom. The number of fused-ring (bicyclic) bond motifs is 3. The maximum absolute atomic E-state index is 14.1. The highest BCUT2D eigenvalue weighted by Crippen LogP contribution is 2.71. The first-order valence-corrected chi connectivity index (χ1v) is 12.1. The maximum Gasteiger partial charge on any atom is 0.306 e. The van der Waals surface area contributed by atoms with Crippen LogP contribution in [-0.4, -0.2) is 51.5 Å². The number of ketones is 1. The summed E-state index contributed by atoms with van der Waals surface area (Å²) in [5.74, 6) is -0.802. The molecule has 0 saturated heterocycles. The van der Waals surface area contributed by atoms with Gasteiger partial charge in [-0.3, -0.25) is 9.59 Å². The number of carbonyl (C=O) groups is 2. The Balaban J connectivity index is 1.73. The molecule has 2 saturated carbocycles. The number of aliphatic hydroxyl groups is 3. The Hall–Kier alpha value is -1.50. The van der Waals surface area contributed by atoms with E-state index in [1.165, 1.54) is 0 Å². The number of ether oxygens (including phenoxy) is 1. The Labute approximate surface area is 190 Å². The molecule has 6 heteroatoms. The monoisotopic (exact) mass is 446 g/mol. The number of hydrogen-bond acceptors (Lipinski definition) is 6. The van der Waals surface area contributed by atoms with Crippen molar-refractivity contribution in [2.75, 3.05) is 6.61 Å². The van der Waals surface area contributed by atoms with Crippen LogP contribution in [0.25, 0.3) is 0 Å². The van der Waals surface area contributed by atoms with Gasteiger partial charge in [0.15, 0.2) is 5.78 Å². The molecule has 0 heterocycles. The van der Waals surface area contributed by atoms with Crippen LogP contribution in [0.1, 0.15) is 66.7 Å². The van der Waals surface area contributed by atoms with Gasteiger partial charge in [-0.15, -0.1) is 0 Å². The van der Waals surface area contributed by atoms with Gasteiger partial charge >= 0.3 is 5.97 Å². The second-order valence-corrected chi connectivity index (χ2v) is 11.2. The molecule has 178 valence electrons. The lowest BCUT2D eigenvalue weighted by molar-refractivity contribution is -0.190. The summed E-state index contributed by atoms with van der Waals surface area (Å²) in [4.78, 5) is 26.3. The van der Waals surface area contributed by atoms with Crippen molar-refractivity contribution in [2.45, 2.75) is 84.5 Å². The van der Waals surface area contributed by atoms with Gasteiger partial charge in [0, 0.05) is 12.3 Å². The van der Waals surface area contributed by atoms with Gasteiger partial charge in [0.2, 0.25) is 0 Å². The van der Waals surface area contributed by atoms with E-state index in [0.717, 1.165) is 25.7 Å². The lowest BCUT2D eigenvalue weighted by Crippen LogP contribution is -2.65. The molecule has 1 spiro atoms. The van der Waals surface area contributed by atoms with Crippen LogP contribution in [0.2, 0.25) is 0 Å². The zero-order valence-electron chi connectivity index (χ0n) is 19.9. The number of esters is 1. The molecule has 0 aromatic rings. The Morgan fingerprint density at radius 1 is 1.22 bits per heavy atom. The number of Topliss-reactive ketones (excluding diaryl/α,β-unsaturated/α-hetero) is 1. The molecule has 0 aromatic heterocycles. The summed E-state index contributed by atoms with van der Waals surface area (Å²) in [5, 5.41) is 34.4. The van der Waals surface area contributed by atoms with Gasteiger partial charge in [0.1, 0.15) is 24.4 Å². The largest absolute Gasteiger partial charge is 0.461 e. The van der Waals surface area contributed by atoms with Crippen LogP contribution >= 0.6 is 0 Å². The molecule has 0 radical (unpaired) electrons. The fraction of sp³-hybridized carbons (Fsp3) is 0.769. The van der Waals surface area contributed by atoms with Gasteiger partial charge in [-0.05, 0) is 54.1 Å². The average molecular weight is 447 g/mol. The molecule has 8 atom stereocenters. The van der Waals surface area contributed by atoms with E-state index in [0.29, 0.717) is 23.5 Å². The van der Waals surface area contributed by atoms with Crippen LogP contribution in [0.15, 0.2) is 23.3 Å². The average Bonchev–Trinajstić information content (AvgIpc) is 3.24. The summed E-state index contributed by atoms with van der Waals surface area (Å²) in [7, 11) is 0. The van der Waals surface area contributed by atoms with Crippen LogP contribution in [-0.2, 0) is 14.3 Å². The van der Waals surface area contributed by atoms with Crippen molar-refractivity contribution in [3.63, 3.8) is 0 Å². The third-order valence-electron chi connectivity index (χ3n) is 9.13. The van der Waals surface area contributed by atoms with E-state index in [-0.39, 0.29) is 35.6 Å². The third-order valence-corrected chi connectivity index (χ3v) is 9.13. The summed E-state index contributed by atoms with van der Waals surface area (Å²) in [5.41, 5.74) is -2.65. The molecule has 4 aliphatic rings. The van der Waals surface area contributed by atoms with Gasteiger partial charge in [0.25, 0.3) is 0 Å². The molecule has 3 N–H and O–H groups in total. The quantitative estimate of drug-likeness (QED) is 0.329. The Bertz CT molecular complexity index is 872. The van der Waals surface area contributed by atoms with Gasteiger partial charge in [0.05, 0.1) is 5.41 Å². The first-order chi connectivity index (χ1) is 14.9. The van der Waals surface area contributed by atoms with E-state index in [4.69, 9.17) is 4.74 Å². The van der Waals surface area contributed by atoms with Crippen LogP contribution in [0.5, 0.6) is 0 Å². The van der Waals surface area contributed by atoms with Crippen LogP contribution in [0, 0.1) is 34.5 Å². The molecule has 6 nitrogen and oxygen atoms in total. The van der Waals surface area contributed by atoms with Crippen molar-refractivity contribution < 1.29 is 29.6 Å². The minimum Gasteiger partial charge on any atom is -0.461 e. The molecule has 2 fully saturated rings. The van der Waals surface area contributed by atoms with Crippen LogP contribution in [0.3, 0.4) is 0 Å². The molecular weight excluding hydrogens is 408 g/mol. The summed E-state index contributed by atoms with van der Waals surface area (Å²) in [6, 6.07) is 0. The van der Waals surface area contributed by atoms with Gasteiger partial charge < -0.3 is 20.1 Å². The zero-order chi connectivity index (χ0) is 23.6. The number of aliphatic hydroxyl groups excluding tert-OH is 2. The van der Waals surface area contributed by atoms with Crippen molar-refractivity contribution >= 4 is 11.8 Å². The highest BCUT2D eigenvalue weighted by molar-refractivity contribution is 5.95. The number of allylic oxidation sites excluding steroid dienone is 1. The Kier molecular flexibility index (Phi) is 5.75. The molecular formula is C26H38O6. The summed E-state index contributed by atoms with van der Waals surface area (Å²) >= 11 is 0. The smallest absolute Gasteiger partial charge is 0.306 e. The predicted molar refractivity (Wildman–Crippen MR) is 119 cm³/mol. The maximum atomic E-state index is 14.1. The second kappa shape index (κ2) is 7.78. The SMILES string of the molecule is CCCCCC(=O)OCC1=CC2C(=O)[C@]3(C=C(C)C(O)[C@@]3(O)C1O)[C@H](C)CC1[C@H]2C1(C)C. The first-order valence-electron chi connectivity index (χ1n) is 12.1. The summed E-state index contributed by atoms with van der Waals surface area (Å²) < 4.78 is 5.46. The molecule has 0 aromatic carbocycles. The molecule has 4 unspecified atom stereocenters. The van der Waals surface area contributed by atoms with Crippen molar-refractivity contribution in [3.8, 4) is 0 Å². The number of carbonyl (C=O) groups excluding carboxylic acids is 2. The van der Waals surface area contributed by atoms with E-state index in [1.54, 1.807) is 19.1 Å². The zero-order valence-corrected chi connectivity index (χ0v) is 19.9. The van der Waals surface area contributed by atoms with Gasteiger partial charge in [-0.25, -0.2) is 0 Å². The minimum atomic E-state index is -2.08. The highest BCUT2D eigenvalue weighted by Gasteiger charge is 2.75. The predicted octanol–water partition coefficient (Wildman–Crippen LogP) is 2.95. The highest BCUT2D eigenvalue weighted by atomic mass is 16.5. The summed E-state index contributed by atoms with van der Waals surface area (Å²) in [6.45, 7) is 9.85. The van der Waals surface area contributed by atoms with Crippen molar-refractivity contribution in [2.24, 2.45) is 34.5 Å². The van der Waals surface area contributed by atoms with E-state index < -0.39 is 29.1 Å². The lowest BCUT2D eigenvalue weighted by Gasteiger charge is -2.48. The molecule has 32 heavy (non-hydrogen) atoms. The minimum absolute atomic E-state index is 0.0159. The molecule has 4 rings (SSSR count). The summed E-state index contributed by atoms with van der Waals surface area (Å²) in [6.07, 6.45) is 4.30. The molecule has 4 aliphatic carbocycles. The van der Waals surface area contributed by atoms with Crippen molar-refractivity contribution in [1.29, 1.82) is 0 Å². The van der Waals surface area contributed by atoms with E-state index in [9.17, 15) is 24.9 Å². The van der Waals surface area contributed by atoms with E-state index in [2.05, 4.69) is 20.8 Å². The van der Waals surface area contributed by atoms with E-state index >= 15 is 0 Å². The second-order valence-electron chi connectivity index (χ2n) is 11.2. The number of hydrogen-bond donors (Lipinski definition) is 3. The van der Waals surface area contributed by atoms with Crippen LogP contribution in [0.4, 0.5) is 0 Å². The third kappa shape index (κ3) is 3.02. The lowest BCUT2D eigenvalue weighted by atomic mass is 9.59. The molecule has 0 aliphatic heterocycles.